The van der Waals surface area contributed by atoms with Gasteiger partial charge in [0.05, 0.1) is 0 Å². The Bertz CT molecular complexity index is 35.2. The minimum Gasteiger partial charge on any atom is -0.343 e. The summed E-state index contributed by atoms with van der Waals surface area (Å²) in [7, 11) is 0. The second kappa shape index (κ2) is 9.52. The van der Waals surface area contributed by atoms with Crippen molar-refractivity contribution in [3.8, 4) is 0 Å². The van der Waals surface area contributed by atoms with Crippen molar-refractivity contribution in [2.24, 2.45) is 5.41 Å². The third kappa shape index (κ3) is 209. The van der Waals surface area contributed by atoms with E-state index in [0.29, 0.717) is 0 Å². The predicted molar refractivity (Wildman–Crippen MR) is 45.1 cm³/mol. The van der Waals surface area contributed by atoms with Gasteiger partial charge < -0.3 is 13.8 Å². The molecule has 1 heteroatoms. The van der Waals surface area contributed by atoms with E-state index in [-0.39, 0.29) is 22.5 Å². The molecule has 0 aromatic rings. The van der Waals surface area contributed by atoms with Crippen LogP contribution in [0, 0.1) is 19.3 Å². The Labute approximate surface area is 77.3 Å². The SMILES string of the molecule is [CH2-]C(C)(C)C.[CH2-]CCC.[Cu+2]. The Morgan fingerprint density at radius 2 is 1.30 bits per heavy atom. The fourth-order valence-electron chi connectivity index (χ4n) is 0. The average molecular weight is 192 g/mol. The molecule has 0 bridgehead atoms. The third-order valence-corrected chi connectivity index (χ3v) is 0.354. The minimum absolute atomic E-state index is 0. The fraction of sp³-hybridized carbons (Fsp3) is 0.778. The van der Waals surface area contributed by atoms with Gasteiger partial charge in [-0.05, 0) is 0 Å². The van der Waals surface area contributed by atoms with Crippen LogP contribution in [0.4, 0.5) is 0 Å². The van der Waals surface area contributed by atoms with Crippen molar-refractivity contribution in [3.63, 3.8) is 0 Å². The first kappa shape index (κ1) is 16.9. The molecule has 0 nitrogen and oxygen atoms in total. The smallest absolute Gasteiger partial charge is 0.343 e. The van der Waals surface area contributed by atoms with Gasteiger partial charge in [0.1, 0.15) is 0 Å². The summed E-state index contributed by atoms with van der Waals surface area (Å²) in [6.07, 6.45) is 2.28. The van der Waals surface area contributed by atoms with Gasteiger partial charge in [0.2, 0.25) is 0 Å². The fourth-order valence-corrected chi connectivity index (χ4v) is 0. The summed E-state index contributed by atoms with van der Waals surface area (Å²) in [4.78, 5) is 0. The zero-order valence-corrected chi connectivity index (χ0v) is 8.57. The quantitative estimate of drug-likeness (QED) is 0.440. The molecule has 0 fully saturated rings. The Kier molecular flexibility index (Phi) is 16.0. The van der Waals surface area contributed by atoms with Crippen LogP contribution in [0.5, 0.6) is 0 Å². The van der Waals surface area contributed by atoms with Gasteiger partial charge in [0.25, 0.3) is 0 Å². The van der Waals surface area contributed by atoms with E-state index in [9.17, 15) is 0 Å². The van der Waals surface area contributed by atoms with Crippen LogP contribution in [0.15, 0.2) is 0 Å². The maximum Gasteiger partial charge on any atom is 2.00 e. The number of rotatable bonds is 1. The van der Waals surface area contributed by atoms with Gasteiger partial charge in [0.15, 0.2) is 0 Å². The van der Waals surface area contributed by atoms with Gasteiger partial charge in [-0.2, -0.15) is 11.8 Å². The topological polar surface area (TPSA) is 0 Å². The van der Waals surface area contributed by atoms with E-state index in [1.54, 1.807) is 0 Å². The molecule has 1 radical (unpaired) electrons. The van der Waals surface area contributed by atoms with E-state index < -0.39 is 0 Å². The van der Waals surface area contributed by atoms with Crippen molar-refractivity contribution < 1.29 is 17.1 Å². The van der Waals surface area contributed by atoms with Crippen LogP contribution in [0.3, 0.4) is 0 Å². The van der Waals surface area contributed by atoms with Gasteiger partial charge in [0, 0.05) is 0 Å². The van der Waals surface area contributed by atoms with Crippen LogP contribution < -0.4 is 0 Å². The van der Waals surface area contributed by atoms with Crippen LogP contribution >= 0.6 is 0 Å². The molecule has 0 amide bonds. The molecule has 0 atom stereocenters. The van der Waals surface area contributed by atoms with Crippen LogP contribution in [0.25, 0.3) is 0 Å². The second-order valence-corrected chi connectivity index (χ2v) is 3.41. The third-order valence-electron chi connectivity index (χ3n) is 0.354. The first-order valence-electron chi connectivity index (χ1n) is 3.56. The van der Waals surface area contributed by atoms with Gasteiger partial charge in [-0.25, -0.2) is 0 Å². The average Bonchev–Trinajstić information content (AvgIpc) is 1.61. The summed E-state index contributed by atoms with van der Waals surface area (Å²) in [6.45, 7) is 15.7. The standard InChI is InChI=1S/C5H11.C4H9.Cu/c1-5(2,3)4;1-3-4-2;/h1H2,2-4H3;1,3-4H2,2H3;/q2*-1;+2. The first-order valence-corrected chi connectivity index (χ1v) is 3.56. The van der Waals surface area contributed by atoms with E-state index >= 15 is 0 Å². The van der Waals surface area contributed by atoms with E-state index in [2.05, 4.69) is 41.5 Å². The maximum atomic E-state index is 3.77. The summed E-state index contributed by atoms with van der Waals surface area (Å²) >= 11 is 0. The van der Waals surface area contributed by atoms with E-state index in [0.717, 1.165) is 6.42 Å². The van der Waals surface area contributed by atoms with Crippen molar-refractivity contribution in [1.29, 1.82) is 0 Å². The molecule has 10 heavy (non-hydrogen) atoms. The van der Waals surface area contributed by atoms with Crippen molar-refractivity contribution in [2.45, 2.75) is 40.5 Å². The van der Waals surface area contributed by atoms with E-state index in [1.165, 1.54) is 6.42 Å². The summed E-state index contributed by atoms with van der Waals surface area (Å²) in [5.41, 5.74) is 0.250. The Morgan fingerprint density at radius 3 is 1.30 bits per heavy atom. The molecule has 0 aliphatic rings. The monoisotopic (exact) mass is 191 g/mol. The largest absolute Gasteiger partial charge is 2.00 e. The van der Waals surface area contributed by atoms with Gasteiger partial charge in [-0.1, -0.05) is 34.1 Å². The van der Waals surface area contributed by atoms with Crippen LogP contribution in [-0.2, 0) is 17.1 Å². The van der Waals surface area contributed by atoms with Crippen molar-refractivity contribution >= 4 is 0 Å². The second-order valence-electron chi connectivity index (χ2n) is 3.41. The Hall–Kier alpha value is 0.519. The molecule has 0 rings (SSSR count). The summed E-state index contributed by atoms with van der Waals surface area (Å²) < 4.78 is 0. The zero-order chi connectivity index (χ0) is 7.91. The molecule has 0 aliphatic carbocycles. The Morgan fingerprint density at radius 1 is 1.20 bits per heavy atom. The van der Waals surface area contributed by atoms with Crippen molar-refractivity contribution in [3.05, 3.63) is 13.8 Å². The van der Waals surface area contributed by atoms with Gasteiger partial charge in [-0.15, -0.1) is 0 Å². The molecule has 0 spiro atoms. The molecule has 67 valence electrons. The summed E-state index contributed by atoms with van der Waals surface area (Å²) in [5.74, 6) is 0. The van der Waals surface area contributed by atoms with Crippen molar-refractivity contribution in [2.75, 3.05) is 0 Å². The van der Waals surface area contributed by atoms with Crippen LogP contribution in [0.1, 0.15) is 40.5 Å². The molecule has 0 aromatic heterocycles. The Balaban J connectivity index is -0.0000000910. The zero-order valence-electron chi connectivity index (χ0n) is 7.63. The molecular formula is C9H20Cu. The van der Waals surface area contributed by atoms with Crippen LogP contribution in [0.2, 0.25) is 0 Å². The first-order chi connectivity index (χ1) is 3.91. The molecule has 0 aromatic carbocycles. The minimum atomic E-state index is 0. The molecule has 0 saturated carbocycles. The molecule has 0 N–H and O–H groups in total. The molecule has 0 unspecified atom stereocenters. The maximum absolute atomic E-state index is 3.77. The van der Waals surface area contributed by atoms with E-state index in [4.69, 9.17) is 0 Å². The summed E-state index contributed by atoms with van der Waals surface area (Å²) in [5, 5.41) is 0. The van der Waals surface area contributed by atoms with E-state index in [1.807, 2.05) is 0 Å². The molecule has 0 heterocycles. The molecular weight excluding hydrogens is 172 g/mol. The summed E-state index contributed by atoms with van der Waals surface area (Å²) in [6, 6.07) is 0. The number of hydrogen-bond donors (Lipinski definition) is 0. The van der Waals surface area contributed by atoms with Crippen LogP contribution in [-0.4, -0.2) is 0 Å². The van der Waals surface area contributed by atoms with Crippen molar-refractivity contribution in [1.82, 2.24) is 0 Å². The molecule has 0 saturated heterocycles. The molecule has 0 aliphatic heterocycles. The normalized spacial score (nSPS) is 9.00. The number of hydrogen-bond acceptors (Lipinski definition) is 0. The van der Waals surface area contributed by atoms with Gasteiger partial charge >= 0.3 is 17.1 Å². The predicted octanol–water partition coefficient (Wildman–Crippen LogP) is 3.48. The number of unbranched alkanes of at least 4 members (excludes halogenated alkanes) is 1. The van der Waals surface area contributed by atoms with Gasteiger partial charge in [-0.3, -0.25) is 0 Å².